The van der Waals surface area contributed by atoms with Crippen molar-refractivity contribution < 1.29 is 52.0 Å². The fourth-order valence-electron chi connectivity index (χ4n) is 4.65. The van der Waals surface area contributed by atoms with Crippen LogP contribution in [0.4, 0.5) is 0 Å². The molecule has 2 aliphatic carbocycles. The topological polar surface area (TPSA) is 9.23 Å². The van der Waals surface area contributed by atoms with Crippen molar-refractivity contribution >= 4 is 24.2 Å². The van der Waals surface area contributed by atoms with E-state index in [0.717, 1.165) is 13.0 Å². The van der Waals surface area contributed by atoms with Gasteiger partial charge < -0.3 is 24.8 Å². The number of allylic oxidation sites excluding steroid dienone is 1. The van der Waals surface area contributed by atoms with Crippen molar-refractivity contribution in [1.29, 1.82) is 0 Å². The van der Waals surface area contributed by atoms with Gasteiger partial charge >= 0.3 is 182 Å². The minimum absolute atomic E-state index is 0. The van der Waals surface area contributed by atoms with Crippen molar-refractivity contribution in [2.24, 2.45) is 0 Å². The molecule has 0 N–H and O–H groups in total. The molecule has 2 aromatic carbocycles. The van der Waals surface area contributed by atoms with Crippen molar-refractivity contribution in [3.05, 3.63) is 82.4 Å². The largest absolute Gasteiger partial charge is 1.00 e. The predicted molar refractivity (Wildman–Crippen MR) is 120 cm³/mol. The van der Waals surface area contributed by atoms with Crippen LogP contribution in [0.25, 0.3) is 12.2 Å². The van der Waals surface area contributed by atoms with Crippen molar-refractivity contribution in [2.75, 3.05) is 6.61 Å². The van der Waals surface area contributed by atoms with Crippen LogP contribution in [0.5, 0.6) is 0 Å². The van der Waals surface area contributed by atoms with Gasteiger partial charge in [0.25, 0.3) is 0 Å². The number of halogens is 2. The molecule has 30 heavy (non-hydrogen) atoms. The van der Waals surface area contributed by atoms with Gasteiger partial charge in [0, 0.05) is 0 Å². The molecule has 0 bridgehead atoms. The maximum absolute atomic E-state index is 6.25. The minimum atomic E-state index is -1.49. The second kappa shape index (κ2) is 10.4. The Bertz CT molecular complexity index is 977. The van der Waals surface area contributed by atoms with Crippen molar-refractivity contribution in [3.63, 3.8) is 0 Å². The molecule has 0 spiro atoms. The van der Waals surface area contributed by atoms with E-state index in [0.29, 0.717) is 5.92 Å². The first-order valence-corrected chi connectivity index (χ1v) is 16.3. The van der Waals surface area contributed by atoms with Crippen LogP contribution in [0.3, 0.4) is 0 Å². The summed E-state index contributed by atoms with van der Waals surface area (Å²) in [4.78, 5) is 0. The fourth-order valence-corrected chi connectivity index (χ4v) is 9.17. The molecule has 2 aliphatic rings. The Morgan fingerprint density at radius 2 is 1.67 bits per heavy atom. The molecular weight excluding hydrogens is 506 g/mol. The molecule has 0 radical (unpaired) electrons. The number of hydrogen-bond donors (Lipinski definition) is 0. The summed E-state index contributed by atoms with van der Waals surface area (Å²) in [6.07, 6.45) is 8.41. The summed E-state index contributed by atoms with van der Waals surface area (Å²) in [6.45, 7) is 9.94. The van der Waals surface area contributed by atoms with Gasteiger partial charge in [0.1, 0.15) is 0 Å². The zero-order chi connectivity index (χ0) is 19.8. The van der Waals surface area contributed by atoms with E-state index in [1.807, 2.05) is 0 Å². The number of hydrogen-bond acceptors (Lipinski definition) is 1. The summed E-state index contributed by atoms with van der Waals surface area (Å²) >= 11 is -0.790. The molecule has 1 nitrogen and oxygen atoms in total. The first kappa shape index (κ1) is 25.7. The maximum atomic E-state index is 6.25. The van der Waals surface area contributed by atoms with Crippen LogP contribution in [0.1, 0.15) is 41.5 Å². The first-order chi connectivity index (χ1) is 13.4. The molecule has 5 heteroatoms. The molecule has 0 saturated carbocycles. The number of rotatable bonds is 6. The zero-order valence-electron chi connectivity index (χ0n) is 18.1. The Morgan fingerprint density at radius 3 is 2.37 bits per heavy atom. The van der Waals surface area contributed by atoms with Crippen LogP contribution >= 0.6 is 0 Å². The minimum Gasteiger partial charge on any atom is -1.00 e. The standard InChI is InChI=1S/C23H25OSi.C2H4.2ClH.Zr/c1-25(2,3)24-15-14-19-16-18-9-5-7-11-21(18)23(19)22-13-12-17-8-4-6-10-20(17)22;1-2;;;/h4-13,16,23H,14-15H2,1-3H3;1H,2H3;2*1H;/q;;;;+2/p-2. The van der Waals surface area contributed by atoms with E-state index in [2.05, 4.69) is 97.0 Å². The summed E-state index contributed by atoms with van der Waals surface area (Å²) in [6, 6.07) is 18.1. The molecular formula is C25H29Cl2OSiZr. The maximum Gasteiger partial charge on any atom is -1.00 e. The van der Waals surface area contributed by atoms with Crippen LogP contribution in [-0.4, -0.2) is 18.6 Å². The quantitative estimate of drug-likeness (QED) is 0.482. The van der Waals surface area contributed by atoms with E-state index in [1.165, 1.54) is 16.7 Å². The average molecular weight is 536 g/mol. The molecule has 2 unspecified atom stereocenters. The van der Waals surface area contributed by atoms with Gasteiger partial charge in [-0.1, -0.05) is 0 Å². The second-order valence-corrected chi connectivity index (χ2v) is 17.4. The van der Waals surface area contributed by atoms with Gasteiger partial charge in [0.05, 0.1) is 0 Å². The van der Waals surface area contributed by atoms with E-state index in [1.54, 1.807) is 11.1 Å². The smallest absolute Gasteiger partial charge is 1.00 e. The Labute approximate surface area is 206 Å². The normalized spacial score (nSPS) is 21.3. The molecule has 4 rings (SSSR count). The Kier molecular flexibility index (Phi) is 8.87. The van der Waals surface area contributed by atoms with Crippen molar-refractivity contribution in [2.45, 2.75) is 42.0 Å². The molecule has 0 heterocycles. The summed E-state index contributed by atoms with van der Waals surface area (Å²) in [7, 11) is -1.49. The van der Waals surface area contributed by atoms with Crippen LogP contribution < -0.4 is 24.8 Å². The molecule has 0 aliphatic heterocycles. The fraction of sp³-hybridized carbons (Fsp3) is 0.320. The molecule has 0 saturated heterocycles. The summed E-state index contributed by atoms with van der Waals surface area (Å²) in [5, 5.41) is 0. The molecule has 0 aromatic heterocycles. The number of fused-ring (bicyclic) bond motifs is 2. The van der Waals surface area contributed by atoms with Gasteiger partial charge in [0.15, 0.2) is 0 Å². The Hall–Kier alpha value is -0.570. The van der Waals surface area contributed by atoms with Gasteiger partial charge in [-0.05, 0) is 0 Å². The summed E-state index contributed by atoms with van der Waals surface area (Å²) < 4.78 is 8.93. The zero-order valence-corrected chi connectivity index (χ0v) is 23.1. The molecule has 0 fully saturated rings. The monoisotopic (exact) mass is 533 g/mol. The van der Waals surface area contributed by atoms with Gasteiger partial charge in [-0.25, -0.2) is 0 Å². The Balaban J connectivity index is 0.00000160. The van der Waals surface area contributed by atoms with E-state index in [9.17, 15) is 0 Å². The van der Waals surface area contributed by atoms with Gasteiger partial charge in [-0.15, -0.1) is 0 Å². The van der Waals surface area contributed by atoms with Crippen LogP contribution in [0.15, 0.2) is 60.2 Å². The van der Waals surface area contributed by atoms with Gasteiger partial charge in [-0.2, -0.15) is 0 Å². The summed E-state index contributed by atoms with van der Waals surface area (Å²) in [5.74, 6) is 0.455. The van der Waals surface area contributed by atoms with Gasteiger partial charge in [0.2, 0.25) is 0 Å². The second-order valence-electron chi connectivity index (χ2n) is 8.71. The molecule has 157 valence electrons. The van der Waals surface area contributed by atoms with Crippen molar-refractivity contribution in [1.82, 2.24) is 0 Å². The third-order valence-electron chi connectivity index (χ3n) is 5.72. The third-order valence-corrected chi connectivity index (χ3v) is 10.5. The summed E-state index contributed by atoms with van der Waals surface area (Å²) in [5.41, 5.74) is 7.42. The van der Waals surface area contributed by atoms with E-state index < -0.39 is 31.1 Å². The number of benzene rings is 2. The Morgan fingerprint density at radius 1 is 1.00 bits per heavy atom. The SMILES string of the molecule is C[CH]=[Zr+2][C]1(C2C(CCO[Si](C)(C)C)=Cc3ccccc32)C=Cc2ccccc21.[Cl-].[Cl-]. The molecule has 0 amide bonds. The van der Waals surface area contributed by atoms with Crippen molar-refractivity contribution in [3.8, 4) is 0 Å². The molecule has 2 aromatic rings. The average Bonchev–Trinajstić information content (AvgIpc) is 3.20. The predicted octanol–water partition coefficient (Wildman–Crippen LogP) is 0.244. The molecule has 2 atom stereocenters. The van der Waals surface area contributed by atoms with E-state index in [-0.39, 0.29) is 27.9 Å². The van der Waals surface area contributed by atoms with E-state index >= 15 is 0 Å². The van der Waals surface area contributed by atoms with Gasteiger partial charge in [-0.3, -0.25) is 0 Å². The van der Waals surface area contributed by atoms with Crippen LogP contribution in [0, 0.1) is 0 Å². The first-order valence-electron chi connectivity index (χ1n) is 10.2. The third kappa shape index (κ3) is 4.92. The van der Waals surface area contributed by atoms with Crippen LogP contribution in [-0.2, 0) is 30.3 Å². The van der Waals surface area contributed by atoms with Crippen LogP contribution in [0.2, 0.25) is 19.6 Å². The van der Waals surface area contributed by atoms with E-state index in [4.69, 9.17) is 4.43 Å².